The summed E-state index contributed by atoms with van der Waals surface area (Å²) in [4.78, 5) is 12.2. The highest BCUT2D eigenvalue weighted by Crippen LogP contribution is 2.35. The zero-order valence-electron chi connectivity index (χ0n) is 12.3. The van der Waals surface area contributed by atoms with Crippen molar-refractivity contribution >= 4 is 0 Å². The van der Waals surface area contributed by atoms with Gasteiger partial charge in [-0.05, 0) is 12.0 Å². The van der Waals surface area contributed by atoms with Gasteiger partial charge in [0.15, 0.2) is 5.43 Å². The zero-order valence-corrected chi connectivity index (χ0v) is 12.3. The van der Waals surface area contributed by atoms with Gasteiger partial charge in [0, 0.05) is 12.5 Å². The molecule has 2 aromatic rings. The summed E-state index contributed by atoms with van der Waals surface area (Å²) in [6.45, 7) is 0. The second-order valence-corrected chi connectivity index (χ2v) is 5.71. The monoisotopic (exact) mass is 318 g/mol. The van der Waals surface area contributed by atoms with Crippen molar-refractivity contribution in [1.82, 2.24) is 0 Å². The Bertz CT molecular complexity index is 738. The lowest BCUT2D eigenvalue weighted by Crippen LogP contribution is -2.44. The summed E-state index contributed by atoms with van der Waals surface area (Å²) >= 11 is 0. The van der Waals surface area contributed by atoms with Gasteiger partial charge in [0.25, 0.3) is 0 Å². The molecule has 0 bridgehead atoms. The van der Waals surface area contributed by atoms with Gasteiger partial charge in [0.2, 0.25) is 0 Å². The van der Waals surface area contributed by atoms with Crippen molar-refractivity contribution in [3.8, 4) is 0 Å². The topological polar surface area (TPSA) is 111 Å². The summed E-state index contributed by atoms with van der Waals surface area (Å²) < 4.78 is 5.52. The Kier molecular flexibility index (Phi) is 4.32. The van der Waals surface area contributed by atoms with Crippen LogP contribution in [0.3, 0.4) is 0 Å². The summed E-state index contributed by atoms with van der Waals surface area (Å²) in [5.41, 5.74) is 0.356. The molecule has 3 unspecified atom stereocenters. The Morgan fingerprint density at radius 2 is 1.57 bits per heavy atom. The Hall–Kier alpha value is -1.99. The van der Waals surface area contributed by atoms with Crippen LogP contribution in [-0.2, 0) is 12.8 Å². The van der Waals surface area contributed by atoms with E-state index < -0.39 is 29.8 Å². The van der Waals surface area contributed by atoms with Gasteiger partial charge >= 0.3 is 0 Å². The Labute approximate surface area is 132 Å². The first-order valence-electron chi connectivity index (χ1n) is 7.42. The average molecular weight is 318 g/mol. The fraction of sp³-hybridized carbons (Fsp3) is 0.353. The van der Waals surface area contributed by atoms with Crippen molar-refractivity contribution in [2.75, 3.05) is 0 Å². The van der Waals surface area contributed by atoms with E-state index in [4.69, 9.17) is 4.42 Å². The van der Waals surface area contributed by atoms with Crippen LogP contribution in [0.15, 0.2) is 45.6 Å². The third kappa shape index (κ3) is 2.94. The number of hydrogen-bond donors (Lipinski definition) is 4. The van der Waals surface area contributed by atoms with E-state index in [2.05, 4.69) is 0 Å². The van der Waals surface area contributed by atoms with Gasteiger partial charge in [-0.25, -0.2) is 0 Å². The van der Waals surface area contributed by atoms with E-state index in [0.29, 0.717) is 18.6 Å². The summed E-state index contributed by atoms with van der Waals surface area (Å²) in [6.07, 6.45) is -5.28. The fourth-order valence-electron chi connectivity index (χ4n) is 2.82. The standard InChI is InChI=1S/C17H18O6/c18-11-8-10(7-6-9-4-2-1-3-5-9)23-17-12(11)13(19)14(20)15(21)16(17)22/h1-5,8,13-16,19-22H,6-7H2/t13-,14?,15?,16?/m0/s1. The number of rotatable bonds is 3. The number of aliphatic hydroxyl groups excluding tert-OH is 4. The first-order valence-corrected chi connectivity index (χ1v) is 7.42. The third-order valence-electron chi connectivity index (χ3n) is 4.13. The molecule has 0 spiro atoms. The summed E-state index contributed by atoms with van der Waals surface area (Å²) in [5, 5.41) is 39.3. The molecule has 4 N–H and O–H groups in total. The lowest BCUT2D eigenvalue weighted by molar-refractivity contribution is -0.128. The molecule has 1 aromatic carbocycles. The average Bonchev–Trinajstić information content (AvgIpc) is 2.56. The molecule has 4 atom stereocenters. The molecular formula is C17H18O6. The van der Waals surface area contributed by atoms with Crippen LogP contribution < -0.4 is 5.43 Å². The Morgan fingerprint density at radius 3 is 2.26 bits per heavy atom. The molecule has 1 aromatic heterocycles. The Morgan fingerprint density at radius 1 is 0.913 bits per heavy atom. The minimum absolute atomic E-state index is 0.175. The maximum absolute atomic E-state index is 12.2. The maximum atomic E-state index is 12.2. The van der Waals surface area contributed by atoms with Gasteiger partial charge in [-0.2, -0.15) is 0 Å². The molecule has 1 aliphatic rings. The highest BCUT2D eigenvalue weighted by atomic mass is 16.4. The lowest BCUT2D eigenvalue weighted by Gasteiger charge is -2.32. The van der Waals surface area contributed by atoms with Crippen molar-refractivity contribution in [3.63, 3.8) is 0 Å². The minimum Gasteiger partial charge on any atom is -0.463 e. The molecule has 1 aliphatic carbocycles. The van der Waals surface area contributed by atoms with Crippen molar-refractivity contribution in [1.29, 1.82) is 0 Å². The molecule has 0 amide bonds. The predicted octanol–water partition coefficient (Wildman–Crippen LogP) is 0.227. The van der Waals surface area contributed by atoms with Crippen LogP contribution in [0.4, 0.5) is 0 Å². The molecule has 0 fully saturated rings. The molecule has 3 rings (SSSR count). The van der Waals surface area contributed by atoms with Gasteiger partial charge in [-0.3, -0.25) is 4.79 Å². The van der Waals surface area contributed by atoms with Gasteiger partial charge in [0.05, 0.1) is 5.56 Å². The van der Waals surface area contributed by atoms with E-state index in [9.17, 15) is 25.2 Å². The SMILES string of the molecule is O=c1cc(CCc2ccccc2)oc2c1[C@H](O)C(O)C(O)C2O. The quantitative estimate of drug-likeness (QED) is 0.644. The molecule has 0 radical (unpaired) electrons. The highest BCUT2D eigenvalue weighted by Gasteiger charge is 2.43. The van der Waals surface area contributed by atoms with Crippen LogP contribution in [-0.4, -0.2) is 32.6 Å². The molecule has 0 aliphatic heterocycles. The first-order chi connectivity index (χ1) is 11.0. The van der Waals surface area contributed by atoms with Crippen LogP contribution in [0.1, 0.15) is 34.9 Å². The fourth-order valence-corrected chi connectivity index (χ4v) is 2.82. The summed E-state index contributed by atoms with van der Waals surface area (Å²) in [6, 6.07) is 10.9. The second kappa shape index (κ2) is 6.25. The second-order valence-electron chi connectivity index (χ2n) is 5.71. The number of aliphatic hydroxyl groups is 4. The van der Waals surface area contributed by atoms with E-state index in [1.807, 2.05) is 30.3 Å². The van der Waals surface area contributed by atoms with Gasteiger partial charge in [-0.1, -0.05) is 30.3 Å². The number of benzene rings is 1. The van der Waals surface area contributed by atoms with E-state index in [-0.39, 0.29) is 11.3 Å². The number of fused-ring (bicyclic) bond motifs is 1. The minimum atomic E-state index is -1.63. The molecule has 0 saturated heterocycles. The van der Waals surface area contributed by atoms with Crippen LogP contribution in [0.25, 0.3) is 0 Å². The van der Waals surface area contributed by atoms with Crippen LogP contribution in [0, 0.1) is 0 Å². The van der Waals surface area contributed by atoms with Crippen molar-refractivity contribution in [2.45, 2.75) is 37.3 Å². The van der Waals surface area contributed by atoms with Crippen molar-refractivity contribution < 1.29 is 24.8 Å². The molecule has 6 heteroatoms. The Balaban J connectivity index is 1.91. The number of hydrogen-bond acceptors (Lipinski definition) is 6. The lowest BCUT2D eigenvalue weighted by atomic mass is 9.87. The largest absolute Gasteiger partial charge is 0.463 e. The maximum Gasteiger partial charge on any atom is 0.191 e. The zero-order chi connectivity index (χ0) is 16.6. The molecule has 0 saturated carbocycles. The summed E-state index contributed by atoms with van der Waals surface area (Å²) in [5.74, 6) is 0.179. The van der Waals surface area contributed by atoms with Crippen molar-refractivity contribution in [3.05, 3.63) is 69.3 Å². The molecule has 122 valence electrons. The van der Waals surface area contributed by atoms with Crippen LogP contribution >= 0.6 is 0 Å². The van der Waals surface area contributed by atoms with Crippen molar-refractivity contribution in [2.24, 2.45) is 0 Å². The predicted molar refractivity (Wildman–Crippen MR) is 80.8 cm³/mol. The van der Waals surface area contributed by atoms with Gasteiger partial charge in [0.1, 0.15) is 35.9 Å². The summed E-state index contributed by atoms with van der Waals surface area (Å²) in [7, 11) is 0. The molecular weight excluding hydrogens is 300 g/mol. The molecule has 23 heavy (non-hydrogen) atoms. The van der Waals surface area contributed by atoms with E-state index in [1.165, 1.54) is 6.07 Å². The van der Waals surface area contributed by atoms with E-state index in [0.717, 1.165) is 5.56 Å². The van der Waals surface area contributed by atoms with Crippen LogP contribution in [0.2, 0.25) is 0 Å². The first kappa shape index (κ1) is 15.9. The number of aryl methyl sites for hydroxylation is 2. The van der Waals surface area contributed by atoms with E-state index >= 15 is 0 Å². The molecule has 6 nitrogen and oxygen atoms in total. The highest BCUT2D eigenvalue weighted by molar-refractivity contribution is 5.29. The van der Waals surface area contributed by atoms with E-state index in [1.54, 1.807) is 0 Å². The normalized spacial score (nSPS) is 26.8. The third-order valence-corrected chi connectivity index (χ3v) is 4.13. The van der Waals surface area contributed by atoms with Gasteiger partial charge < -0.3 is 24.8 Å². The van der Waals surface area contributed by atoms with Gasteiger partial charge in [-0.15, -0.1) is 0 Å². The van der Waals surface area contributed by atoms with Crippen LogP contribution in [0.5, 0.6) is 0 Å². The smallest absolute Gasteiger partial charge is 0.191 e. The molecule has 1 heterocycles.